The zero-order valence-corrected chi connectivity index (χ0v) is 11.7. The molecule has 1 atom stereocenters. The lowest BCUT2D eigenvalue weighted by molar-refractivity contribution is 0.552. The Hall–Kier alpha value is -1.95. The normalized spacial score (nSPS) is 12.7. The first-order chi connectivity index (χ1) is 9.78. The molecule has 0 spiro atoms. The molecular weight excluding hydrogens is 268 g/mol. The van der Waals surface area contributed by atoms with Gasteiger partial charge >= 0.3 is 0 Å². The van der Waals surface area contributed by atoms with Crippen molar-refractivity contribution in [2.45, 2.75) is 12.5 Å². The van der Waals surface area contributed by atoms with Gasteiger partial charge in [-0.1, -0.05) is 30.3 Å². The highest BCUT2D eigenvalue weighted by atomic mass is 32.1. The van der Waals surface area contributed by atoms with Crippen LogP contribution in [0.25, 0.3) is 10.2 Å². The minimum Gasteiger partial charge on any atom is -0.398 e. The molecule has 0 saturated heterocycles. The van der Waals surface area contributed by atoms with E-state index in [1.165, 1.54) is 4.70 Å². The second-order valence-electron chi connectivity index (χ2n) is 4.63. The lowest BCUT2D eigenvalue weighted by Gasteiger charge is -2.16. The van der Waals surface area contributed by atoms with Gasteiger partial charge in [-0.2, -0.15) is 0 Å². The molecule has 1 aromatic heterocycles. The summed E-state index contributed by atoms with van der Waals surface area (Å²) in [5.41, 5.74) is 11.6. The minimum atomic E-state index is -0.0308. The van der Waals surface area contributed by atoms with Crippen LogP contribution in [0.5, 0.6) is 0 Å². The number of hydrazine groups is 1. The molecule has 4 nitrogen and oxygen atoms in total. The SMILES string of the molecule is NNC(Cc1nc2ccccc2s1)c1ccccc1N. The van der Waals surface area contributed by atoms with Crippen LogP contribution in [0.3, 0.4) is 0 Å². The molecule has 1 heterocycles. The summed E-state index contributed by atoms with van der Waals surface area (Å²) < 4.78 is 1.19. The molecule has 1 unspecified atom stereocenters. The Balaban J connectivity index is 1.90. The van der Waals surface area contributed by atoms with Crippen molar-refractivity contribution >= 4 is 27.2 Å². The minimum absolute atomic E-state index is 0.0308. The number of rotatable bonds is 4. The Morgan fingerprint density at radius 3 is 2.60 bits per heavy atom. The maximum atomic E-state index is 6.01. The average molecular weight is 284 g/mol. The summed E-state index contributed by atoms with van der Waals surface area (Å²) in [6, 6.07) is 15.9. The smallest absolute Gasteiger partial charge is 0.0958 e. The number of benzene rings is 2. The molecule has 0 aliphatic carbocycles. The summed E-state index contributed by atoms with van der Waals surface area (Å²) in [5.74, 6) is 5.69. The van der Waals surface area contributed by atoms with Crippen LogP contribution in [-0.4, -0.2) is 4.98 Å². The van der Waals surface area contributed by atoms with E-state index in [4.69, 9.17) is 11.6 Å². The van der Waals surface area contributed by atoms with Gasteiger partial charge in [0.2, 0.25) is 0 Å². The lowest BCUT2D eigenvalue weighted by Crippen LogP contribution is -2.30. The highest BCUT2D eigenvalue weighted by Gasteiger charge is 2.15. The molecule has 20 heavy (non-hydrogen) atoms. The number of aromatic nitrogens is 1. The van der Waals surface area contributed by atoms with Crippen LogP contribution in [0.1, 0.15) is 16.6 Å². The summed E-state index contributed by atoms with van der Waals surface area (Å²) in [7, 11) is 0. The molecular formula is C15H16N4S. The van der Waals surface area contributed by atoms with Crippen LogP contribution in [0, 0.1) is 0 Å². The second kappa shape index (κ2) is 5.58. The summed E-state index contributed by atoms with van der Waals surface area (Å²) in [5, 5.41) is 1.05. The van der Waals surface area contributed by atoms with Crippen LogP contribution < -0.4 is 17.0 Å². The van der Waals surface area contributed by atoms with E-state index in [2.05, 4.69) is 16.5 Å². The maximum Gasteiger partial charge on any atom is 0.0958 e. The second-order valence-corrected chi connectivity index (χ2v) is 5.74. The molecule has 0 fully saturated rings. The zero-order valence-electron chi connectivity index (χ0n) is 10.9. The molecule has 0 saturated carbocycles. The third-order valence-electron chi connectivity index (χ3n) is 3.29. The predicted octanol–water partition coefficient (Wildman–Crippen LogP) is 2.63. The zero-order chi connectivity index (χ0) is 13.9. The van der Waals surface area contributed by atoms with Crippen molar-refractivity contribution in [3.8, 4) is 0 Å². The largest absolute Gasteiger partial charge is 0.398 e. The van der Waals surface area contributed by atoms with E-state index in [0.717, 1.165) is 28.2 Å². The molecule has 5 N–H and O–H groups in total. The van der Waals surface area contributed by atoms with E-state index in [-0.39, 0.29) is 6.04 Å². The number of thiazole rings is 1. The quantitative estimate of drug-likeness (QED) is 0.391. The van der Waals surface area contributed by atoms with Gasteiger partial charge in [0.15, 0.2) is 0 Å². The van der Waals surface area contributed by atoms with E-state index < -0.39 is 0 Å². The third kappa shape index (κ3) is 2.51. The first kappa shape index (κ1) is 13.1. The maximum absolute atomic E-state index is 6.01. The van der Waals surface area contributed by atoms with E-state index in [0.29, 0.717) is 0 Å². The van der Waals surface area contributed by atoms with Gasteiger partial charge in [-0.05, 0) is 23.8 Å². The Bertz CT molecular complexity index is 689. The van der Waals surface area contributed by atoms with E-state index in [9.17, 15) is 0 Å². The number of fused-ring (bicyclic) bond motifs is 1. The van der Waals surface area contributed by atoms with E-state index in [1.54, 1.807) is 11.3 Å². The van der Waals surface area contributed by atoms with Gasteiger partial charge in [0.05, 0.1) is 21.3 Å². The van der Waals surface area contributed by atoms with Crippen LogP contribution in [0.15, 0.2) is 48.5 Å². The summed E-state index contributed by atoms with van der Waals surface area (Å²) >= 11 is 1.69. The number of hydrogen-bond acceptors (Lipinski definition) is 5. The van der Waals surface area contributed by atoms with Gasteiger partial charge in [0.25, 0.3) is 0 Å². The lowest BCUT2D eigenvalue weighted by atomic mass is 10.0. The fourth-order valence-electron chi connectivity index (χ4n) is 2.27. The van der Waals surface area contributed by atoms with Crippen molar-refractivity contribution in [3.05, 3.63) is 59.1 Å². The number of hydrogen-bond donors (Lipinski definition) is 3. The van der Waals surface area contributed by atoms with Crippen molar-refractivity contribution in [3.63, 3.8) is 0 Å². The molecule has 0 aliphatic heterocycles. The molecule has 0 bridgehead atoms. The van der Waals surface area contributed by atoms with Crippen molar-refractivity contribution in [1.82, 2.24) is 10.4 Å². The van der Waals surface area contributed by atoms with Gasteiger partial charge in [0, 0.05) is 12.1 Å². The molecule has 3 aromatic rings. The van der Waals surface area contributed by atoms with Crippen molar-refractivity contribution in [2.24, 2.45) is 5.84 Å². The third-order valence-corrected chi connectivity index (χ3v) is 4.35. The first-order valence-electron chi connectivity index (χ1n) is 6.43. The summed E-state index contributed by atoms with van der Waals surface area (Å²) in [6.45, 7) is 0. The summed E-state index contributed by atoms with van der Waals surface area (Å²) in [4.78, 5) is 4.64. The van der Waals surface area contributed by atoms with Gasteiger partial charge in [-0.15, -0.1) is 11.3 Å². The fraction of sp³-hybridized carbons (Fsp3) is 0.133. The molecule has 0 aliphatic rings. The standard InChI is InChI=1S/C15H16N4S/c16-11-6-2-1-5-10(11)13(19-17)9-15-18-12-7-3-4-8-14(12)20-15/h1-8,13,19H,9,16-17H2. The Labute approximate surface area is 121 Å². The van der Waals surface area contributed by atoms with Crippen LogP contribution in [0.2, 0.25) is 0 Å². The number of nitrogens with one attached hydrogen (secondary N) is 1. The number of nitrogens with zero attached hydrogens (tertiary/aromatic N) is 1. The molecule has 2 aromatic carbocycles. The first-order valence-corrected chi connectivity index (χ1v) is 7.24. The number of para-hydroxylation sites is 2. The van der Waals surface area contributed by atoms with Gasteiger partial charge in [-0.25, -0.2) is 4.98 Å². The van der Waals surface area contributed by atoms with E-state index in [1.807, 2.05) is 42.5 Å². The predicted molar refractivity (Wildman–Crippen MR) is 84.2 cm³/mol. The van der Waals surface area contributed by atoms with E-state index >= 15 is 0 Å². The number of nitrogens with two attached hydrogens (primary N) is 2. The topological polar surface area (TPSA) is 77.0 Å². The molecule has 0 amide bonds. The molecule has 5 heteroatoms. The highest BCUT2D eigenvalue weighted by Crippen LogP contribution is 2.27. The number of nitrogen functional groups attached to an aromatic ring is 1. The van der Waals surface area contributed by atoms with Crippen molar-refractivity contribution in [2.75, 3.05) is 5.73 Å². The molecule has 102 valence electrons. The average Bonchev–Trinajstić information content (AvgIpc) is 2.88. The van der Waals surface area contributed by atoms with Crippen molar-refractivity contribution in [1.29, 1.82) is 0 Å². The Kier molecular flexibility index (Phi) is 3.64. The van der Waals surface area contributed by atoms with Crippen LogP contribution >= 0.6 is 11.3 Å². The molecule has 3 rings (SSSR count). The van der Waals surface area contributed by atoms with Crippen LogP contribution in [-0.2, 0) is 6.42 Å². The molecule has 0 radical (unpaired) electrons. The fourth-order valence-corrected chi connectivity index (χ4v) is 3.28. The monoisotopic (exact) mass is 284 g/mol. The summed E-state index contributed by atoms with van der Waals surface area (Å²) in [6.07, 6.45) is 0.726. The Morgan fingerprint density at radius 1 is 1.10 bits per heavy atom. The van der Waals surface area contributed by atoms with Crippen LogP contribution in [0.4, 0.5) is 5.69 Å². The van der Waals surface area contributed by atoms with Crippen molar-refractivity contribution < 1.29 is 0 Å². The van der Waals surface area contributed by atoms with Gasteiger partial charge in [-0.3, -0.25) is 11.3 Å². The Morgan fingerprint density at radius 2 is 1.85 bits per heavy atom. The highest BCUT2D eigenvalue weighted by molar-refractivity contribution is 7.18. The van der Waals surface area contributed by atoms with Gasteiger partial charge in [0.1, 0.15) is 0 Å². The van der Waals surface area contributed by atoms with Gasteiger partial charge < -0.3 is 5.73 Å². The number of anilines is 1.